The highest BCUT2D eigenvalue weighted by atomic mass is 19.1. The van der Waals surface area contributed by atoms with E-state index in [0.717, 1.165) is 11.1 Å². The minimum absolute atomic E-state index is 0.0665. The van der Waals surface area contributed by atoms with Crippen molar-refractivity contribution >= 4 is 11.9 Å². The molecule has 0 radical (unpaired) electrons. The molecule has 2 heterocycles. The van der Waals surface area contributed by atoms with Crippen molar-refractivity contribution in [2.45, 2.75) is 38.5 Å². The molecule has 1 fully saturated rings. The highest BCUT2D eigenvalue weighted by molar-refractivity contribution is 5.98. The Hall–Kier alpha value is -4.18. The normalized spacial score (nSPS) is 21.6. The van der Waals surface area contributed by atoms with Gasteiger partial charge in [0.1, 0.15) is 23.8 Å². The van der Waals surface area contributed by atoms with Crippen molar-refractivity contribution in [1.82, 2.24) is 10.3 Å². The number of ether oxygens (including phenoxy) is 4. The lowest BCUT2D eigenvalue weighted by Crippen LogP contribution is -2.46. The lowest BCUT2D eigenvalue weighted by Gasteiger charge is -2.31. The first-order valence-corrected chi connectivity index (χ1v) is 12.5. The highest BCUT2D eigenvalue weighted by Gasteiger charge is 2.36. The summed E-state index contributed by atoms with van der Waals surface area (Å²) in [5.41, 5.74) is 1.61. The minimum atomic E-state index is -1.17. The number of cyclic esters (lactones) is 1. The Balaban J connectivity index is 1.56. The molecule has 2 aromatic carbocycles. The lowest BCUT2D eigenvalue weighted by molar-refractivity contribution is -0.154. The molecule has 1 aliphatic heterocycles. The molecular weight excluding hydrogens is 507 g/mol. The number of aryl methyl sites for hydroxylation is 1. The second-order valence-corrected chi connectivity index (χ2v) is 9.38. The molecule has 0 aliphatic carbocycles. The fraction of sp³-hybridized carbons (Fsp3) is 0.345. The van der Waals surface area contributed by atoms with Crippen molar-refractivity contribution in [3.8, 4) is 17.2 Å². The lowest BCUT2D eigenvalue weighted by atomic mass is 9.89. The number of nitrogens with one attached hydrogen (secondary N) is 1. The molecule has 0 unspecified atom stereocenters. The van der Waals surface area contributed by atoms with Gasteiger partial charge in [0.15, 0.2) is 23.2 Å². The average Bonchev–Trinajstić information content (AvgIpc) is 2.96. The Kier molecular flexibility index (Phi) is 8.98. The summed E-state index contributed by atoms with van der Waals surface area (Å²) in [5.74, 6) is -1.97. The van der Waals surface area contributed by atoms with Gasteiger partial charge in [-0.1, -0.05) is 29.8 Å². The van der Waals surface area contributed by atoms with Crippen molar-refractivity contribution in [2.75, 3.05) is 20.3 Å². The molecule has 1 aliphatic rings. The summed E-state index contributed by atoms with van der Waals surface area (Å²) in [5, 5.41) is 12.8. The van der Waals surface area contributed by atoms with Gasteiger partial charge in [-0.25, -0.2) is 14.2 Å². The van der Waals surface area contributed by atoms with Crippen LogP contribution in [-0.2, 0) is 20.7 Å². The summed E-state index contributed by atoms with van der Waals surface area (Å²) in [4.78, 5) is 29.9. The molecule has 1 aromatic heterocycles. The number of benzene rings is 2. The number of aromatic nitrogens is 1. The molecule has 10 heteroatoms. The van der Waals surface area contributed by atoms with Crippen molar-refractivity contribution < 1.29 is 38.0 Å². The molecule has 2 N–H and O–H groups in total. The number of hydrogen-bond donors (Lipinski definition) is 2. The summed E-state index contributed by atoms with van der Waals surface area (Å²) in [6.45, 7) is 3.62. The van der Waals surface area contributed by atoms with Crippen LogP contribution in [0.25, 0.3) is 0 Å². The van der Waals surface area contributed by atoms with E-state index in [4.69, 9.17) is 18.9 Å². The fourth-order valence-electron chi connectivity index (χ4n) is 4.35. The molecule has 206 valence electrons. The molecule has 39 heavy (non-hydrogen) atoms. The van der Waals surface area contributed by atoms with E-state index in [1.807, 2.05) is 31.2 Å². The van der Waals surface area contributed by atoms with Crippen LogP contribution in [0.5, 0.6) is 17.2 Å². The Morgan fingerprint density at radius 3 is 2.54 bits per heavy atom. The Morgan fingerprint density at radius 1 is 1.13 bits per heavy atom. The first kappa shape index (κ1) is 27.8. The van der Waals surface area contributed by atoms with Gasteiger partial charge in [0, 0.05) is 18.2 Å². The van der Waals surface area contributed by atoms with E-state index in [1.165, 1.54) is 31.5 Å². The van der Waals surface area contributed by atoms with Crippen LogP contribution in [0.2, 0.25) is 0 Å². The van der Waals surface area contributed by atoms with Gasteiger partial charge in [0.25, 0.3) is 5.91 Å². The van der Waals surface area contributed by atoms with Gasteiger partial charge in [0.05, 0.1) is 20.3 Å². The van der Waals surface area contributed by atoms with E-state index < -0.39 is 35.9 Å². The number of esters is 1. The topological polar surface area (TPSA) is 116 Å². The molecule has 4 rings (SSSR count). The average molecular weight is 539 g/mol. The smallest absolute Gasteiger partial charge is 0.331 e. The summed E-state index contributed by atoms with van der Waals surface area (Å²) in [6.07, 6.45) is 0.551. The molecule has 3 aromatic rings. The largest absolute Gasteiger partial charge is 0.503 e. The number of hydrogen-bond acceptors (Lipinski definition) is 8. The summed E-state index contributed by atoms with van der Waals surface area (Å²) >= 11 is 0. The van der Waals surface area contributed by atoms with Gasteiger partial charge in [-0.3, -0.25) is 4.79 Å². The second kappa shape index (κ2) is 12.6. The van der Waals surface area contributed by atoms with Gasteiger partial charge in [-0.05, 0) is 50.1 Å². The van der Waals surface area contributed by atoms with Crippen molar-refractivity contribution in [1.29, 1.82) is 0 Å². The molecule has 0 spiro atoms. The summed E-state index contributed by atoms with van der Waals surface area (Å²) < 4.78 is 36.5. The predicted molar refractivity (Wildman–Crippen MR) is 139 cm³/mol. The minimum Gasteiger partial charge on any atom is -0.503 e. The number of halogens is 1. The zero-order chi connectivity index (χ0) is 27.9. The quantitative estimate of drug-likeness (QED) is 0.439. The summed E-state index contributed by atoms with van der Waals surface area (Å²) in [7, 11) is 1.35. The fourth-order valence-corrected chi connectivity index (χ4v) is 4.35. The highest BCUT2D eigenvalue weighted by Crippen LogP contribution is 2.28. The van der Waals surface area contributed by atoms with E-state index in [-0.39, 0.29) is 36.4 Å². The van der Waals surface area contributed by atoms with Gasteiger partial charge in [0.2, 0.25) is 0 Å². The number of carbonyl (C=O) groups excluding carboxylic acids is 2. The molecular formula is C29H31FN2O7. The third-order valence-corrected chi connectivity index (χ3v) is 6.55. The zero-order valence-corrected chi connectivity index (χ0v) is 21.9. The molecule has 4 atom stereocenters. The zero-order valence-electron chi connectivity index (χ0n) is 21.9. The summed E-state index contributed by atoms with van der Waals surface area (Å²) in [6, 6.07) is 13.9. The molecule has 1 saturated heterocycles. The number of rotatable bonds is 7. The van der Waals surface area contributed by atoms with Crippen LogP contribution < -0.4 is 14.8 Å². The third-order valence-electron chi connectivity index (χ3n) is 6.55. The molecule has 9 nitrogen and oxygen atoms in total. The molecule has 0 saturated carbocycles. The Bertz CT molecular complexity index is 1280. The SMILES string of the molecule is COc1ccnc(C(=O)N[C@H]2COC[C@H](Oc3ccc(C)cc3)[C@@H](Cc3ccc(F)cc3)[C@H](C)OC2=O)c1O. The van der Waals surface area contributed by atoms with Crippen LogP contribution >= 0.6 is 0 Å². The van der Waals surface area contributed by atoms with Crippen molar-refractivity contribution in [2.24, 2.45) is 5.92 Å². The first-order chi connectivity index (χ1) is 18.7. The number of aromatic hydroxyl groups is 1. The second-order valence-electron chi connectivity index (χ2n) is 9.38. The van der Waals surface area contributed by atoms with Crippen LogP contribution in [0.4, 0.5) is 4.39 Å². The molecule has 1 amide bonds. The molecule has 0 bridgehead atoms. The first-order valence-electron chi connectivity index (χ1n) is 12.5. The number of methoxy groups -OCH3 is 1. The van der Waals surface area contributed by atoms with Crippen LogP contribution in [0.3, 0.4) is 0 Å². The van der Waals surface area contributed by atoms with E-state index in [9.17, 15) is 19.1 Å². The van der Waals surface area contributed by atoms with E-state index in [1.54, 1.807) is 19.1 Å². The number of carbonyl (C=O) groups is 2. The maximum absolute atomic E-state index is 13.5. The van der Waals surface area contributed by atoms with E-state index >= 15 is 0 Å². The number of nitrogens with zero attached hydrogens (tertiary/aromatic N) is 1. The monoisotopic (exact) mass is 538 g/mol. The number of pyridine rings is 1. The van der Waals surface area contributed by atoms with Gasteiger partial charge < -0.3 is 29.4 Å². The maximum atomic E-state index is 13.5. The van der Waals surface area contributed by atoms with Crippen molar-refractivity contribution in [3.05, 3.63) is 83.4 Å². The Labute approximate surface area is 225 Å². The van der Waals surface area contributed by atoms with Gasteiger partial charge >= 0.3 is 5.97 Å². The standard InChI is InChI=1S/C29H31FN2O7/c1-17-4-10-21(11-5-17)39-25-16-37-15-23(32-28(34)26-27(33)24(36-3)12-13-31-26)29(35)38-18(2)22(25)14-19-6-8-20(30)9-7-19/h4-13,18,22-23,25,33H,14-16H2,1-3H3,(H,32,34)/t18-,22-,23-,25-/m0/s1. The van der Waals surface area contributed by atoms with Crippen molar-refractivity contribution in [3.63, 3.8) is 0 Å². The van der Waals surface area contributed by atoms with Crippen LogP contribution in [0.1, 0.15) is 28.5 Å². The van der Waals surface area contributed by atoms with Crippen LogP contribution in [0, 0.1) is 18.7 Å². The van der Waals surface area contributed by atoms with E-state index in [2.05, 4.69) is 10.3 Å². The van der Waals surface area contributed by atoms with E-state index in [0.29, 0.717) is 12.2 Å². The predicted octanol–water partition coefficient (Wildman–Crippen LogP) is 3.61. The van der Waals surface area contributed by atoms with Gasteiger partial charge in [-0.2, -0.15) is 0 Å². The van der Waals surface area contributed by atoms with Crippen LogP contribution in [0.15, 0.2) is 60.8 Å². The van der Waals surface area contributed by atoms with Crippen LogP contribution in [-0.4, -0.2) is 60.5 Å². The maximum Gasteiger partial charge on any atom is 0.331 e. The Morgan fingerprint density at radius 2 is 1.85 bits per heavy atom. The third kappa shape index (κ3) is 7.02. The number of amides is 1. The van der Waals surface area contributed by atoms with Gasteiger partial charge in [-0.15, -0.1) is 0 Å².